The van der Waals surface area contributed by atoms with Gasteiger partial charge in [0.1, 0.15) is 5.82 Å². The van der Waals surface area contributed by atoms with Crippen molar-refractivity contribution < 1.29 is 0 Å². The highest BCUT2D eigenvalue weighted by Gasteiger charge is 2.18. The Bertz CT molecular complexity index is 754. The molecule has 1 aromatic heterocycles. The van der Waals surface area contributed by atoms with E-state index in [1.165, 1.54) is 63.4 Å². The lowest BCUT2D eigenvalue weighted by atomic mass is 10.0. The summed E-state index contributed by atoms with van der Waals surface area (Å²) in [5, 5.41) is 4.69. The van der Waals surface area contributed by atoms with Crippen LogP contribution in [0.5, 0.6) is 0 Å². The first-order chi connectivity index (χ1) is 13.8. The summed E-state index contributed by atoms with van der Waals surface area (Å²) in [6.45, 7) is 7.93. The van der Waals surface area contributed by atoms with Gasteiger partial charge in [0, 0.05) is 37.6 Å². The maximum atomic E-state index is 4.96. The molecule has 0 bridgehead atoms. The van der Waals surface area contributed by atoms with Gasteiger partial charge in [-0.1, -0.05) is 31.4 Å². The maximum Gasteiger partial charge on any atom is 0.225 e. The minimum Gasteiger partial charge on any atom is -0.356 e. The van der Waals surface area contributed by atoms with Gasteiger partial charge < -0.3 is 15.1 Å². The van der Waals surface area contributed by atoms with Gasteiger partial charge in [-0.2, -0.15) is 4.98 Å². The second-order valence-corrected chi connectivity index (χ2v) is 8.45. The standard InChI is InChI=1S/C23H35N5/c1-19-11-6-9-15-27(19)18-10-14-24-23-25-21-13-5-4-12-20(21)22(26-23)28-16-7-2-3-8-17-28/h4-5,12-13,19H,2-3,6-11,14-18H2,1H3,(H,24,25,26). The smallest absolute Gasteiger partial charge is 0.225 e. The lowest BCUT2D eigenvalue weighted by Crippen LogP contribution is -2.38. The van der Waals surface area contributed by atoms with E-state index in [1.54, 1.807) is 0 Å². The lowest BCUT2D eigenvalue weighted by Gasteiger charge is -2.33. The lowest BCUT2D eigenvalue weighted by molar-refractivity contribution is 0.160. The third-order valence-corrected chi connectivity index (χ3v) is 6.33. The predicted molar refractivity (Wildman–Crippen MR) is 118 cm³/mol. The summed E-state index contributed by atoms with van der Waals surface area (Å²) in [6.07, 6.45) is 10.4. The molecule has 0 saturated carbocycles. The number of nitrogens with one attached hydrogen (secondary N) is 1. The number of anilines is 2. The Kier molecular flexibility index (Phi) is 6.63. The van der Waals surface area contributed by atoms with Crippen LogP contribution in [0, 0.1) is 0 Å². The first-order valence-electron chi connectivity index (χ1n) is 11.3. The van der Waals surface area contributed by atoms with Gasteiger partial charge in [0.2, 0.25) is 5.95 Å². The fourth-order valence-electron chi connectivity index (χ4n) is 4.63. The van der Waals surface area contributed by atoms with E-state index in [0.29, 0.717) is 0 Å². The van der Waals surface area contributed by atoms with E-state index < -0.39 is 0 Å². The van der Waals surface area contributed by atoms with Gasteiger partial charge >= 0.3 is 0 Å². The summed E-state index contributed by atoms with van der Waals surface area (Å²) in [4.78, 5) is 14.9. The highest BCUT2D eigenvalue weighted by Crippen LogP contribution is 2.27. The number of piperidine rings is 1. The van der Waals surface area contributed by atoms with E-state index in [4.69, 9.17) is 9.97 Å². The molecule has 1 unspecified atom stereocenters. The van der Waals surface area contributed by atoms with Crippen molar-refractivity contribution in [2.24, 2.45) is 0 Å². The molecule has 1 aromatic carbocycles. The number of fused-ring (bicyclic) bond motifs is 1. The number of benzene rings is 1. The normalized spacial score (nSPS) is 21.6. The number of hydrogen-bond donors (Lipinski definition) is 1. The van der Waals surface area contributed by atoms with Gasteiger partial charge in [-0.15, -0.1) is 0 Å². The molecular formula is C23H35N5. The van der Waals surface area contributed by atoms with Gasteiger partial charge in [0.05, 0.1) is 5.52 Å². The largest absolute Gasteiger partial charge is 0.356 e. The summed E-state index contributed by atoms with van der Waals surface area (Å²) < 4.78 is 0. The number of para-hydroxylation sites is 1. The second-order valence-electron chi connectivity index (χ2n) is 8.45. The van der Waals surface area contributed by atoms with E-state index in [9.17, 15) is 0 Å². The Balaban J connectivity index is 1.43. The minimum atomic E-state index is 0.736. The molecule has 3 heterocycles. The van der Waals surface area contributed by atoms with Crippen LogP contribution in [-0.4, -0.2) is 53.6 Å². The SMILES string of the molecule is CC1CCCCN1CCCNc1nc(N2CCCCCC2)c2ccccc2n1. The summed E-state index contributed by atoms with van der Waals surface area (Å²) in [7, 11) is 0. The zero-order valence-electron chi connectivity index (χ0n) is 17.4. The Labute approximate surface area is 169 Å². The highest BCUT2D eigenvalue weighted by molar-refractivity contribution is 5.90. The van der Waals surface area contributed by atoms with Crippen molar-refractivity contribution in [2.75, 3.05) is 42.9 Å². The number of rotatable bonds is 6. The van der Waals surface area contributed by atoms with Crippen LogP contribution in [0.25, 0.3) is 10.9 Å². The van der Waals surface area contributed by atoms with Gasteiger partial charge in [-0.05, 0) is 57.7 Å². The van der Waals surface area contributed by atoms with Crippen LogP contribution in [0.1, 0.15) is 58.3 Å². The van der Waals surface area contributed by atoms with Gasteiger partial charge in [-0.3, -0.25) is 0 Å². The highest BCUT2D eigenvalue weighted by atomic mass is 15.2. The van der Waals surface area contributed by atoms with Gasteiger partial charge in [0.25, 0.3) is 0 Å². The molecule has 1 atom stereocenters. The third kappa shape index (κ3) is 4.75. The van der Waals surface area contributed by atoms with Crippen LogP contribution in [0.15, 0.2) is 24.3 Å². The molecule has 5 heteroatoms. The summed E-state index contributed by atoms with van der Waals surface area (Å²) in [5.41, 5.74) is 1.05. The van der Waals surface area contributed by atoms with Crippen molar-refractivity contribution in [1.29, 1.82) is 0 Å². The predicted octanol–water partition coefficient (Wildman–Crippen LogP) is 4.69. The monoisotopic (exact) mass is 381 g/mol. The molecule has 2 aliphatic rings. The molecular weight excluding hydrogens is 346 g/mol. The number of hydrogen-bond acceptors (Lipinski definition) is 5. The number of nitrogens with zero attached hydrogens (tertiary/aromatic N) is 4. The van der Waals surface area contributed by atoms with Crippen molar-refractivity contribution >= 4 is 22.7 Å². The third-order valence-electron chi connectivity index (χ3n) is 6.33. The molecule has 0 amide bonds. The fraction of sp³-hybridized carbons (Fsp3) is 0.652. The second kappa shape index (κ2) is 9.55. The van der Waals surface area contributed by atoms with Crippen molar-refractivity contribution in [2.45, 2.75) is 64.3 Å². The first kappa shape index (κ1) is 19.4. The van der Waals surface area contributed by atoms with Crippen LogP contribution in [-0.2, 0) is 0 Å². The van der Waals surface area contributed by atoms with E-state index >= 15 is 0 Å². The molecule has 5 nitrogen and oxygen atoms in total. The first-order valence-corrected chi connectivity index (χ1v) is 11.3. The van der Waals surface area contributed by atoms with E-state index in [-0.39, 0.29) is 0 Å². The zero-order valence-corrected chi connectivity index (χ0v) is 17.4. The summed E-state index contributed by atoms with van der Waals surface area (Å²) in [6, 6.07) is 9.18. The van der Waals surface area contributed by atoms with E-state index in [0.717, 1.165) is 49.4 Å². The number of likely N-dealkylation sites (tertiary alicyclic amines) is 1. The zero-order chi connectivity index (χ0) is 19.2. The molecule has 0 aliphatic carbocycles. The molecule has 2 aliphatic heterocycles. The molecule has 1 N–H and O–H groups in total. The van der Waals surface area contributed by atoms with Crippen LogP contribution >= 0.6 is 0 Å². The molecule has 2 aromatic rings. The van der Waals surface area contributed by atoms with E-state index in [1.807, 2.05) is 0 Å². The molecule has 152 valence electrons. The molecule has 2 fully saturated rings. The summed E-state index contributed by atoms with van der Waals surface area (Å²) in [5.74, 6) is 1.89. The van der Waals surface area contributed by atoms with E-state index in [2.05, 4.69) is 46.3 Å². The van der Waals surface area contributed by atoms with Crippen LogP contribution in [0.3, 0.4) is 0 Å². The summed E-state index contributed by atoms with van der Waals surface area (Å²) >= 11 is 0. The van der Waals surface area contributed by atoms with Gasteiger partial charge in [-0.25, -0.2) is 4.98 Å². The minimum absolute atomic E-state index is 0.736. The molecule has 2 saturated heterocycles. The van der Waals surface area contributed by atoms with Crippen molar-refractivity contribution in [3.05, 3.63) is 24.3 Å². The van der Waals surface area contributed by atoms with Gasteiger partial charge in [0.15, 0.2) is 0 Å². The Morgan fingerprint density at radius 3 is 2.57 bits per heavy atom. The fourth-order valence-corrected chi connectivity index (χ4v) is 4.63. The van der Waals surface area contributed by atoms with Crippen LogP contribution in [0.4, 0.5) is 11.8 Å². The topological polar surface area (TPSA) is 44.3 Å². The van der Waals surface area contributed by atoms with Crippen molar-refractivity contribution in [3.8, 4) is 0 Å². The Morgan fingerprint density at radius 1 is 0.964 bits per heavy atom. The average Bonchev–Trinajstić information content (AvgIpc) is 3.01. The van der Waals surface area contributed by atoms with Crippen LogP contribution in [0.2, 0.25) is 0 Å². The van der Waals surface area contributed by atoms with Crippen molar-refractivity contribution in [1.82, 2.24) is 14.9 Å². The maximum absolute atomic E-state index is 4.96. The van der Waals surface area contributed by atoms with Crippen LogP contribution < -0.4 is 10.2 Å². The Morgan fingerprint density at radius 2 is 1.75 bits per heavy atom. The molecule has 0 radical (unpaired) electrons. The molecule has 0 spiro atoms. The molecule has 4 rings (SSSR count). The van der Waals surface area contributed by atoms with Crippen molar-refractivity contribution in [3.63, 3.8) is 0 Å². The average molecular weight is 382 g/mol. The quantitative estimate of drug-likeness (QED) is 0.736. The number of aromatic nitrogens is 2. The molecule has 28 heavy (non-hydrogen) atoms. The Hall–Kier alpha value is -1.88.